The van der Waals surface area contributed by atoms with Gasteiger partial charge in [-0.2, -0.15) is 0 Å². The first kappa shape index (κ1) is 11.2. The van der Waals surface area contributed by atoms with Crippen molar-refractivity contribution in [2.75, 3.05) is 0 Å². The van der Waals surface area contributed by atoms with E-state index in [-0.39, 0.29) is 0 Å². The molecule has 0 aliphatic carbocycles. The summed E-state index contributed by atoms with van der Waals surface area (Å²) in [4.78, 5) is 10.2. The number of fused-ring (bicyclic) bond motifs is 1. The molecule has 0 unspecified atom stereocenters. The second-order valence-electron chi connectivity index (χ2n) is 4.12. The lowest BCUT2D eigenvalue weighted by molar-refractivity contribution is 1.12. The van der Waals surface area contributed by atoms with Crippen molar-refractivity contribution in [1.82, 2.24) is 9.97 Å². The molecule has 18 heavy (non-hydrogen) atoms. The minimum Gasteiger partial charge on any atom is -0.252 e. The minimum absolute atomic E-state index is 0.930. The topological polar surface area (TPSA) is 25.8 Å². The highest BCUT2D eigenvalue weighted by atomic mass is 32.2. The lowest BCUT2D eigenvalue weighted by Crippen LogP contribution is -1.87. The lowest BCUT2D eigenvalue weighted by Gasteiger charge is -2.02. The van der Waals surface area contributed by atoms with Crippen molar-refractivity contribution in [3.8, 4) is 0 Å². The molecule has 0 aliphatic heterocycles. The van der Waals surface area contributed by atoms with Crippen LogP contribution in [-0.2, 0) is 0 Å². The molecule has 2 aromatic carbocycles. The summed E-state index contributed by atoms with van der Waals surface area (Å²) in [5, 5.41) is 0.930. The Bertz CT molecular complexity index is 680. The maximum Gasteiger partial charge on any atom is 0.120 e. The zero-order valence-corrected chi connectivity index (χ0v) is 10.8. The quantitative estimate of drug-likeness (QED) is 0.687. The standard InChI is InChI=1S/C15H12N2S/c1-11-7-8-13-14(9-11)17-15(10-16-13)18-12-5-3-2-4-6-12/h2-10H,1H3. The molecule has 3 rings (SSSR count). The number of benzene rings is 2. The number of nitrogens with zero attached hydrogens (tertiary/aromatic N) is 2. The molecule has 1 aromatic heterocycles. The summed E-state index contributed by atoms with van der Waals surface area (Å²) < 4.78 is 0. The van der Waals surface area contributed by atoms with Crippen molar-refractivity contribution >= 4 is 22.8 Å². The van der Waals surface area contributed by atoms with Gasteiger partial charge in [-0.3, -0.25) is 4.98 Å². The van der Waals surface area contributed by atoms with Gasteiger partial charge in [0.05, 0.1) is 17.2 Å². The van der Waals surface area contributed by atoms with E-state index >= 15 is 0 Å². The van der Waals surface area contributed by atoms with E-state index in [0.29, 0.717) is 0 Å². The average Bonchev–Trinajstić information content (AvgIpc) is 2.39. The molecule has 0 radical (unpaired) electrons. The van der Waals surface area contributed by atoms with Crippen molar-refractivity contribution in [3.63, 3.8) is 0 Å². The van der Waals surface area contributed by atoms with E-state index in [1.807, 2.05) is 30.5 Å². The van der Waals surface area contributed by atoms with Crippen LogP contribution in [0.2, 0.25) is 0 Å². The number of aryl methyl sites for hydroxylation is 1. The van der Waals surface area contributed by atoms with Crippen LogP contribution in [0, 0.1) is 6.92 Å². The first-order valence-electron chi connectivity index (χ1n) is 5.77. The van der Waals surface area contributed by atoms with Gasteiger partial charge in [0.25, 0.3) is 0 Å². The maximum absolute atomic E-state index is 4.63. The molecular weight excluding hydrogens is 240 g/mol. The summed E-state index contributed by atoms with van der Waals surface area (Å²) in [6, 6.07) is 16.4. The fourth-order valence-electron chi connectivity index (χ4n) is 1.76. The van der Waals surface area contributed by atoms with Gasteiger partial charge in [0.2, 0.25) is 0 Å². The second kappa shape index (κ2) is 4.78. The van der Waals surface area contributed by atoms with Crippen molar-refractivity contribution in [2.45, 2.75) is 16.8 Å². The van der Waals surface area contributed by atoms with Crippen molar-refractivity contribution in [1.29, 1.82) is 0 Å². The third-order valence-electron chi connectivity index (χ3n) is 2.64. The summed E-state index contributed by atoms with van der Waals surface area (Å²) in [6.45, 7) is 2.07. The molecular formula is C15H12N2S. The number of hydrogen-bond acceptors (Lipinski definition) is 3. The van der Waals surface area contributed by atoms with Gasteiger partial charge in [0.15, 0.2) is 0 Å². The Balaban J connectivity index is 1.98. The highest BCUT2D eigenvalue weighted by Gasteiger charge is 2.02. The molecule has 0 amide bonds. The van der Waals surface area contributed by atoms with Crippen LogP contribution in [0.5, 0.6) is 0 Å². The fourth-order valence-corrected chi connectivity index (χ4v) is 2.55. The molecule has 0 spiro atoms. The molecule has 0 aliphatic rings. The molecule has 0 atom stereocenters. The SMILES string of the molecule is Cc1ccc2ncc(Sc3ccccc3)nc2c1. The Morgan fingerprint density at radius 2 is 1.78 bits per heavy atom. The largest absolute Gasteiger partial charge is 0.252 e. The molecule has 0 bridgehead atoms. The van der Waals surface area contributed by atoms with Crippen LogP contribution in [0.25, 0.3) is 11.0 Å². The van der Waals surface area contributed by atoms with Gasteiger partial charge in [-0.25, -0.2) is 4.98 Å². The first-order valence-corrected chi connectivity index (χ1v) is 6.59. The number of rotatable bonds is 2. The van der Waals surface area contributed by atoms with Crippen LogP contribution in [0.1, 0.15) is 5.56 Å². The first-order chi connectivity index (χ1) is 8.81. The summed E-state index contributed by atoms with van der Waals surface area (Å²) in [5.41, 5.74) is 3.10. The van der Waals surface area contributed by atoms with Crippen LogP contribution in [-0.4, -0.2) is 9.97 Å². The van der Waals surface area contributed by atoms with Gasteiger partial charge in [-0.1, -0.05) is 36.0 Å². The lowest BCUT2D eigenvalue weighted by atomic mass is 10.2. The predicted octanol–water partition coefficient (Wildman–Crippen LogP) is 4.09. The molecule has 0 saturated carbocycles. The molecule has 1 heterocycles. The zero-order valence-electron chi connectivity index (χ0n) is 10.00. The van der Waals surface area contributed by atoms with Crippen LogP contribution in [0.3, 0.4) is 0 Å². The summed E-state index contributed by atoms with van der Waals surface area (Å²) in [6.07, 6.45) is 1.83. The summed E-state index contributed by atoms with van der Waals surface area (Å²) in [7, 11) is 0. The van der Waals surface area contributed by atoms with Crippen LogP contribution in [0.4, 0.5) is 0 Å². The minimum atomic E-state index is 0.930. The van der Waals surface area contributed by atoms with E-state index in [1.54, 1.807) is 11.8 Å². The van der Waals surface area contributed by atoms with Gasteiger partial charge in [0, 0.05) is 4.90 Å². The van der Waals surface area contributed by atoms with Crippen LogP contribution < -0.4 is 0 Å². The van der Waals surface area contributed by atoms with Gasteiger partial charge in [0.1, 0.15) is 5.03 Å². The Labute approximate surface area is 110 Å². The summed E-state index contributed by atoms with van der Waals surface area (Å²) >= 11 is 1.63. The van der Waals surface area contributed by atoms with Crippen molar-refractivity contribution in [2.24, 2.45) is 0 Å². The highest BCUT2D eigenvalue weighted by molar-refractivity contribution is 7.99. The molecule has 2 nitrogen and oxygen atoms in total. The molecule has 3 aromatic rings. The summed E-state index contributed by atoms with van der Waals surface area (Å²) in [5.74, 6) is 0. The normalized spacial score (nSPS) is 10.7. The van der Waals surface area contributed by atoms with Crippen molar-refractivity contribution < 1.29 is 0 Å². The molecule has 88 valence electrons. The van der Waals surface area contributed by atoms with E-state index in [0.717, 1.165) is 16.1 Å². The van der Waals surface area contributed by atoms with E-state index in [9.17, 15) is 0 Å². The van der Waals surface area contributed by atoms with Gasteiger partial charge < -0.3 is 0 Å². The Morgan fingerprint density at radius 3 is 2.61 bits per heavy atom. The predicted molar refractivity (Wildman–Crippen MR) is 74.8 cm³/mol. The zero-order chi connectivity index (χ0) is 12.4. The van der Waals surface area contributed by atoms with E-state index < -0.39 is 0 Å². The van der Waals surface area contributed by atoms with Gasteiger partial charge in [-0.15, -0.1) is 0 Å². The van der Waals surface area contributed by atoms with Gasteiger partial charge in [-0.05, 0) is 36.8 Å². The second-order valence-corrected chi connectivity index (χ2v) is 5.21. The third-order valence-corrected chi connectivity index (χ3v) is 3.55. The van der Waals surface area contributed by atoms with E-state index in [4.69, 9.17) is 0 Å². The number of hydrogen-bond donors (Lipinski definition) is 0. The monoisotopic (exact) mass is 252 g/mol. The fraction of sp³-hybridized carbons (Fsp3) is 0.0667. The van der Waals surface area contributed by atoms with Crippen LogP contribution >= 0.6 is 11.8 Å². The Kier molecular flexibility index (Phi) is 2.99. The van der Waals surface area contributed by atoms with Gasteiger partial charge >= 0.3 is 0 Å². The van der Waals surface area contributed by atoms with Crippen molar-refractivity contribution in [3.05, 3.63) is 60.3 Å². The molecule has 3 heteroatoms. The maximum atomic E-state index is 4.63. The Morgan fingerprint density at radius 1 is 0.944 bits per heavy atom. The smallest absolute Gasteiger partial charge is 0.120 e. The highest BCUT2D eigenvalue weighted by Crippen LogP contribution is 2.26. The van der Waals surface area contributed by atoms with E-state index in [2.05, 4.69) is 41.2 Å². The molecule has 0 fully saturated rings. The average molecular weight is 252 g/mol. The molecule has 0 N–H and O–H groups in total. The number of aromatic nitrogens is 2. The Hall–Kier alpha value is -1.87. The molecule has 0 saturated heterocycles. The van der Waals surface area contributed by atoms with E-state index in [1.165, 1.54) is 10.5 Å². The third kappa shape index (κ3) is 2.36. The van der Waals surface area contributed by atoms with Crippen LogP contribution in [0.15, 0.2) is 64.6 Å².